The molecule has 0 aromatic heterocycles. The second kappa shape index (κ2) is 4.45. The minimum Gasteiger partial charge on any atom is -0.381 e. The maximum atomic E-state index is 10.7. The van der Waals surface area contributed by atoms with Gasteiger partial charge in [0, 0.05) is 20.1 Å². The Balaban J connectivity index is 2.21. The van der Waals surface area contributed by atoms with Crippen LogP contribution in [0.2, 0.25) is 0 Å². The third-order valence-electron chi connectivity index (χ3n) is 2.41. The van der Waals surface area contributed by atoms with Crippen LogP contribution < -0.4 is 5.32 Å². The van der Waals surface area contributed by atoms with E-state index >= 15 is 0 Å². The van der Waals surface area contributed by atoms with Crippen LogP contribution in [0.1, 0.15) is 32.6 Å². The number of methoxy groups -OCH3 is 1. The van der Waals surface area contributed by atoms with Crippen LogP contribution in [0.3, 0.4) is 0 Å². The van der Waals surface area contributed by atoms with Crippen LogP contribution in [0.5, 0.6) is 0 Å². The van der Waals surface area contributed by atoms with Gasteiger partial charge in [-0.3, -0.25) is 4.79 Å². The Kier molecular flexibility index (Phi) is 3.53. The highest BCUT2D eigenvalue weighted by molar-refractivity contribution is 5.73. The van der Waals surface area contributed by atoms with Crippen LogP contribution >= 0.6 is 0 Å². The molecule has 1 fully saturated rings. The van der Waals surface area contributed by atoms with E-state index < -0.39 is 0 Å². The van der Waals surface area contributed by atoms with Crippen molar-refractivity contribution >= 4 is 5.91 Å². The van der Waals surface area contributed by atoms with E-state index in [2.05, 4.69) is 5.32 Å². The van der Waals surface area contributed by atoms with Gasteiger partial charge in [-0.15, -0.1) is 0 Å². The summed E-state index contributed by atoms with van der Waals surface area (Å²) in [6.07, 6.45) is 4.66. The third kappa shape index (κ3) is 2.81. The smallest absolute Gasteiger partial charge is 0.217 e. The number of amides is 1. The molecule has 3 heteroatoms. The number of nitrogens with one attached hydrogen (secondary N) is 1. The Morgan fingerprint density at radius 2 is 1.92 bits per heavy atom. The zero-order valence-corrected chi connectivity index (χ0v) is 7.80. The molecule has 0 saturated heterocycles. The molecule has 70 valence electrons. The maximum Gasteiger partial charge on any atom is 0.217 e. The quantitative estimate of drug-likeness (QED) is 0.675. The molecule has 3 nitrogen and oxygen atoms in total. The minimum absolute atomic E-state index is 0.0795. The Morgan fingerprint density at radius 3 is 2.33 bits per heavy atom. The van der Waals surface area contributed by atoms with E-state index in [0.29, 0.717) is 12.1 Å². The molecule has 0 unspecified atom stereocenters. The van der Waals surface area contributed by atoms with Gasteiger partial charge >= 0.3 is 0 Å². The van der Waals surface area contributed by atoms with Gasteiger partial charge in [0.2, 0.25) is 5.91 Å². The summed E-state index contributed by atoms with van der Waals surface area (Å²) in [5.74, 6) is 0.0795. The first-order valence-electron chi connectivity index (χ1n) is 4.52. The second-order valence-corrected chi connectivity index (χ2v) is 3.41. The van der Waals surface area contributed by atoms with Gasteiger partial charge in [-0.25, -0.2) is 0 Å². The van der Waals surface area contributed by atoms with Crippen molar-refractivity contribution in [2.75, 3.05) is 7.11 Å². The Bertz CT molecular complexity index is 151. The van der Waals surface area contributed by atoms with Gasteiger partial charge in [0.15, 0.2) is 0 Å². The summed E-state index contributed by atoms with van der Waals surface area (Å²) in [7, 11) is 1.75. The molecule has 0 aromatic carbocycles. The minimum atomic E-state index is 0.0795. The number of ether oxygens (including phenoxy) is 1. The summed E-state index contributed by atoms with van der Waals surface area (Å²) in [4.78, 5) is 10.7. The molecule has 1 amide bonds. The van der Waals surface area contributed by atoms with Gasteiger partial charge < -0.3 is 10.1 Å². The van der Waals surface area contributed by atoms with Crippen molar-refractivity contribution in [2.45, 2.75) is 44.8 Å². The topological polar surface area (TPSA) is 38.3 Å². The van der Waals surface area contributed by atoms with Gasteiger partial charge in [0.05, 0.1) is 6.10 Å². The summed E-state index contributed by atoms with van der Waals surface area (Å²) in [6.45, 7) is 1.57. The average molecular weight is 171 g/mol. The molecule has 0 aliphatic heterocycles. The van der Waals surface area contributed by atoms with E-state index in [0.717, 1.165) is 25.7 Å². The lowest BCUT2D eigenvalue weighted by Gasteiger charge is -2.27. The van der Waals surface area contributed by atoms with Crippen molar-refractivity contribution in [1.29, 1.82) is 0 Å². The maximum absolute atomic E-state index is 10.7. The van der Waals surface area contributed by atoms with Gasteiger partial charge in [0.25, 0.3) is 0 Å². The number of carbonyl (C=O) groups is 1. The highest BCUT2D eigenvalue weighted by Crippen LogP contribution is 2.20. The zero-order chi connectivity index (χ0) is 8.97. The van der Waals surface area contributed by atoms with Crippen LogP contribution in [0.4, 0.5) is 0 Å². The van der Waals surface area contributed by atoms with Crippen molar-refractivity contribution in [3.63, 3.8) is 0 Å². The Morgan fingerprint density at radius 1 is 1.33 bits per heavy atom. The molecular formula is C9H17NO2. The first-order valence-corrected chi connectivity index (χ1v) is 4.52. The van der Waals surface area contributed by atoms with E-state index in [1.54, 1.807) is 14.0 Å². The van der Waals surface area contributed by atoms with Gasteiger partial charge in [0.1, 0.15) is 0 Å². The van der Waals surface area contributed by atoms with Crippen molar-refractivity contribution in [2.24, 2.45) is 0 Å². The van der Waals surface area contributed by atoms with Crippen molar-refractivity contribution < 1.29 is 9.53 Å². The lowest BCUT2D eigenvalue weighted by Crippen LogP contribution is -2.37. The summed E-state index contributed by atoms with van der Waals surface area (Å²) in [6, 6.07) is 0.383. The molecule has 1 saturated carbocycles. The molecule has 0 aromatic rings. The van der Waals surface area contributed by atoms with Crippen LogP contribution in [0.15, 0.2) is 0 Å². The summed E-state index contributed by atoms with van der Waals surface area (Å²) < 4.78 is 5.23. The molecule has 0 radical (unpaired) electrons. The SMILES string of the molecule is CO[C@H]1CC[C@H](NC(C)=O)CC1. The second-order valence-electron chi connectivity index (χ2n) is 3.41. The largest absolute Gasteiger partial charge is 0.381 e. The number of hydrogen-bond donors (Lipinski definition) is 1. The highest BCUT2D eigenvalue weighted by Gasteiger charge is 2.20. The predicted octanol–water partition coefficient (Wildman–Crippen LogP) is 1.08. The molecule has 0 spiro atoms. The average Bonchev–Trinajstić information content (AvgIpc) is 2.05. The van der Waals surface area contributed by atoms with Crippen LogP contribution in [-0.4, -0.2) is 25.2 Å². The summed E-state index contributed by atoms with van der Waals surface area (Å²) >= 11 is 0. The Labute approximate surface area is 73.5 Å². The van der Waals surface area contributed by atoms with Gasteiger partial charge in [-0.1, -0.05) is 0 Å². The molecule has 0 atom stereocenters. The molecule has 1 rings (SSSR count). The van der Waals surface area contributed by atoms with E-state index in [9.17, 15) is 4.79 Å². The molecule has 0 bridgehead atoms. The molecule has 1 aliphatic carbocycles. The van der Waals surface area contributed by atoms with Gasteiger partial charge in [-0.2, -0.15) is 0 Å². The first-order chi connectivity index (χ1) is 5.72. The van der Waals surface area contributed by atoms with E-state index in [4.69, 9.17) is 4.74 Å². The highest BCUT2D eigenvalue weighted by atomic mass is 16.5. The predicted molar refractivity (Wildman–Crippen MR) is 46.9 cm³/mol. The zero-order valence-electron chi connectivity index (χ0n) is 7.80. The third-order valence-corrected chi connectivity index (χ3v) is 2.41. The summed E-state index contributed by atoms with van der Waals surface area (Å²) in [5, 5.41) is 2.93. The van der Waals surface area contributed by atoms with E-state index in [1.165, 1.54) is 0 Å². The molecule has 0 heterocycles. The number of hydrogen-bond acceptors (Lipinski definition) is 2. The lowest BCUT2D eigenvalue weighted by atomic mass is 9.93. The lowest BCUT2D eigenvalue weighted by molar-refractivity contribution is -0.120. The molecule has 12 heavy (non-hydrogen) atoms. The normalized spacial score (nSPS) is 29.8. The van der Waals surface area contributed by atoms with Crippen molar-refractivity contribution in [3.8, 4) is 0 Å². The number of rotatable bonds is 2. The molecule has 1 N–H and O–H groups in total. The van der Waals surface area contributed by atoms with Crippen molar-refractivity contribution in [1.82, 2.24) is 5.32 Å². The monoisotopic (exact) mass is 171 g/mol. The van der Waals surface area contributed by atoms with E-state index in [1.807, 2.05) is 0 Å². The summed E-state index contributed by atoms with van der Waals surface area (Å²) in [5.41, 5.74) is 0. The van der Waals surface area contributed by atoms with E-state index in [-0.39, 0.29) is 5.91 Å². The van der Waals surface area contributed by atoms with Crippen LogP contribution in [-0.2, 0) is 9.53 Å². The fraction of sp³-hybridized carbons (Fsp3) is 0.889. The first kappa shape index (κ1) is 9.52. The van der Waals surface area contributed by atoms with Crippen molar-refractivity contribution in [3.05, 3.63) is 0 Å². The standard InChI is InChI=1S/C9H17NO2/c1-7(11)10-8-3-5-9(12-2)6-4-8/h8-9H,3-6H2,1-2H3,(H,10,11)/t8-,9-. The molecular weight excluding hydrogens is 154 g/mol. The van der Waals surface area contributed by atoms with Crippen LogP contribution in [0, 0.1) is 0 Å². The molecule has 1 aliphatic rings. The fourth-order valence-corrected chi connectivity index (χ4v) is 1.73. The fourth-order valence-electron chi connectivity index (χ4n) is 1.73. The van der Waals surface area contributed by atoms with Crippen LogP contribution in [0.25, 0.3) is 0 Å². The Hall–Kier alpha value is -0.570. The number of carbonyl (C=O) groups excluding carboxylic acids is 1. The van der Waals surface area contributed by atoms with Gasteiger partial charge in [-0.05, 0) is 25.7 Å².